The van der Waals surface area contributed by atoms with E-state index in [1.54, 1.807) is 30.3 Å². The van der Waals surface area contributed by atoms with Crippen LogP contribution in [-0.2, 0) is 4.79 Å². The van der Waals surface area contributed by atoms with Crippen molar-refractivity contribution in [1.82, 2.24) is 15.1 Å². The fourth-order valence-corrected chi connectivity index (χ4v) is 4.16. The van der Waals surface area contributed by atoms with Gasteiger partial charge in [0.2, 0.25) is 5.88 Å². The molecule has 2 N–H and O–H groups in total. The second-order valence-electron chi connectivity index (χ2n) is 8.24. The Kier molecular flexibility index (Phi) is 6.72. The lowest BCUT2D eigenvalue weighted by atomic mass is 9.98. The van der Waals surface area contributed by atoms with Crippen LogP contribution in [0, 0.1) is 12.7 Å². The molecule has 8 heteroatoms. The number of benzene rings is 2. The van der Waals surface area contributed by atoms with E-state index in [1.165, 1.54) is 16.8 Å². The van der Waals surface area contributed by atoms with Crippen LogP contribution in [0.2, 0.25) is 0 Å². The minimum Gasteiger partial charge on any atom is -0.481 e. The summed E-state index contributed by atoms with van der Waals surface area (Å²) >= 11 is 0. The Bertz CT molecular complexity index is 1150. The number of nitrogens with one attached hydrogen (secondary N) is 1. The van der Waals surface area contributed by atoms with Crippen LogP contribution in [0.3, 0.4) is 0 Å². The molecule has 1 aliphatic carbocycles. The zero-order valence-electron chi connectivity index (χ0n) is 18.3. The van der Waals surface area contributed by atoms with Crippen LogP contribution in [0.4, 0.5) is 4.39 Å². The maximum absolute atomic E-state index is 14.5. The van der Waals surface area contributed by atoms with Crippen LogP contribution >= 0.6 is 0 Å². The molecule has 1 saturated carbocycles. The average Bonchev–Trinajstić information content (AvgIpc) is 3.44. The van der Waals surface area contributed by atoms with Gasteiger partial charge in [0, 0.05) is 6.07 Å². The second kappa shape index (κ2) is 9.85. The van der Waals surface area contributed by atoms with Crippen molar-refractivity contribution in [2.45, 2.75) is 51.2 Å². The molecular weight excluding hydrogens is 425 g/mol. The van der Waals surface area contributed by atoms with Crippen molar-refractivity contribution in [1.29, 1.82) is 0 Å². The fraction of sp³-hybridized carbons (Fsp3) is 0.320. The normalized spacial score (nSPS) is 14.7. The van der Waals surface area contributed by atoms with Crippen LogP contribution in [0.15, 0.2) is 54.6 Å². The average molecular weight is 451 g/mol. The Balaban J connectivity index is 1.65. The van der Waals surface area contributed by atoms with Crippen molar-refractivity contribution in [3.8, 4) is 11.6 Å². The Hall–Kier alpha value is -3.68. The maximum Gasteiger partial charge on any atom is 0.305 e. The minimum atomic E-state index is -1.04. The number of hydrogen-bond acceptors (Lipinski definition) is 4. The molecule has 1 aromatic heterocycles. The molecule has 0 radical (unpaired) electrons. The number of carbonyl (C=O) groups excluding carboxylic acids is 1. The summed E-state index contributed by atoms with van der Waals surface area (Å²) in [5.74, 6) is -1.81. The highest BCUT2D eigenvalue weighted by Gasteiger charge is 2.26. The van der Waals surface area contributed by atoms with Crippen LogP contribution < -0.4 is 10.1 Å². The summed E-state index contributed by atoms with van der Waals surface area (Å²) in [6.45, 7) is 1.86. The monoisotopic (exact) mass is 451 g/mol. The number of halogens is 1. The number of aliphatic carboxylic acids is 1. The number of ether oxygens (including phenoxy) is 1. The standard InChI is InChI=1S/C25H26FN3O4/c1-16-8-2-5-11-18(16)20(15-24(30)31)27-25(32)21-14-23(33-17-9-3-4-10-17)29(28-21)22-13-7-6-12-19(22)26/h2,5-8,11-14,17,20H,3-4,9-10,15H2,1H3,(H,27,32)(H,30,31)/t20-/m0/s1. The van der Waals surface area contributed by atoms with Crippen molar-refractivity contribution >= 4 is 11.9 Å². The zero-order chi connectivity index (χ0) is 23.4. The molecule has 1 fully saturated rings. The second-order valence-corrected chi connectivity index (χ2v) is 8.24. The summed E-state index contributed by atoms with van der Waals surface area (Å²) in [7, 11) is 0. The summed E-state index contributed by atoms with van der Waals surface area (Å²) in [5.41, 5.74) is 1.77. The van der Waals surface area contributed by atoms with E-state index in [0.29, 0.717) is 5.56 Å². The van der Waals surface area contributed by atoms with Crippen molar-refractivity contribution < 1.29 is 23.8 Å². The Morgan fingerprint density at radius 2 is 1.88 bits per heavy atom. The van der Waals surface area contributed by atoms with E-state index in [0.717, 1.165) is 31.2 Å². The summed E-state index contributed by atoms with van der Waals surface area (Å²) in [6.07, 6.45) is 3.58. The van der Waals surface area contributed by atoms with Gasteiger partial charge < -0.3 is 15.2 Å². The quantitative estimate of drug-likeness (QED) is 0.523. The topological polar surface area (TPSA) is 93.5 Å². The van der Waals surface area contributed by atoms with E-state index in [1.807, 2.05) is 19.1 Å². The first kappa shape index (κ1) is 22.5. The molecule has 0 bridgehead atoms. The van der Waals surface area contributed by atoms with Crippen LogP contribution in [0.5, 0.6) is 5.88 Å². The van der Waals surface area contributed by atoms with Gasteiger partial charge in [0.25, 0.3) is 5.91 Å². The molecule has 0 spiro atoms. The van der Waals surface area contributed by atoms with Gasteiger partial charge in [-0.05, 0) is 55.9 Å². The van der Waals surface area contributed by atoms with Gasteiger partial charge in [-0.3, -0.25) is 9.59 Å². The Morgan fingerprint density at radius 3 is 2.58 bits per heavy atom. The molecule has 2 aromatic carbocycles. The van der Waals surface area contributed by atoms with Gasteiger partial charge in [0.05, 0.1) is 12.5 Å². The van der Waals surface area contributed by atoms with Crippen molar-refractivity contribution in [2.75, 3.05) is 0 Å². The first-order chi connectivity index (χ1) is 15.9. The van der Waals surface area contributed by atoms with E-state index in [2.05, 4.69) is 10.4 Å². The number of aryl methyl sites for hydroxylation is 1. The molecule has 172 valence electrons. The number of hydrogen-bond donors (Lipinski definition) is 2. The van der Waals surface area contributed by atoms with Gasteiger partial charge in [-0.1, -0.05) is 36.4 Å². The van der Waals surface area contributed by atoms with E-state index >= 15 is 0 Å². The molecule has 1 atom stereocenters. The van der Waals surface area contributed by atoms with Gasteiger partial charge in [0.1, 0.15) is 17.6 Å². The van der Waals surface area contributed by atoms with Crippen LogP contribution in [0.25, 0.3) is 5.69 Å². The van der Waals surface area contributed by atoms with Crippen molar-refractivity contribution in [3.63, 3.8) is 0 Å². The molecule has 0 saturated heterocycles. The highest BCUT2D eigenvalue weighted by Crippen LogP contribution is 2.28. The number of nitrogens with zero attached hydrogens (tertiary/aromatic N) is 2. The largest absolute Gasteiger partial charge is 0.481 e. The molecule has 1 amide bonds. The van der Waals surface area contributed by atoms with Crippen molar-refractivity contribution in [2.24, 2.45) is 0 Å². The molecular formula is C25H26FN3O4. The predicted octanol–water partition coefficient (Wildman–Crippen LogP) is 4.59. The first-order valence-corrected chi connectivity index (χ1v) is 11.0. The van der Waals surface area contributed by atoms with E-state index in [4.69, 9.17) is 4.74 Å². The minimum absolute atomic E-state index is 0.0186. The van der Waals surface area contributed by atoms with E-state index in [9.17, 15) is 19.1 Å². The number of carboxylic acids is 1. The lowest BCUT2D eigenvalue weighted by molar-refractivity contribution is -0.137. The molecule has 0 aliphatic heterocycles. The summed E-state index contributed by atoms with van der Waals surface area (Å²) in [5, 5.41) is 16.5. The molecule has 7 nitrogen and oxygen atoms in total. The number of carbonyl (C=O) groups is 2. The number of amides is 1. The maximum atomic E-state index is 14.5. The van der Waals surface area contributed by atoms with Gasteiger partial charge in [-0.25, -0.2) is 4.39 Å². The molecule has 4 rings (SSSR count). The third kappa shape index (κ3) is 5.22. The van der Waals surface area contributed by atoms with Gasteiger partial charge >= 0.3 is 5.97 Å². The molecule has 1 heterocycles. The number of para-hydroxylation sites is 1. The fourth-order valence-electron chi connectivity index (χ4n) is 4.16. The smallest absolute Gasteiger partial charge is 0.305 e. The van der Waals surface area contributed by atoms with E-state index in [-0.39, 0.29) is 29.8 Å². The highest BCUT2D eigenvalue weighted by molar-refractivity contribution is 5.93. The lowest BCUT2D eigenvalue weighted by Crippen LogP contribution is -2.31. The molecule has 1 aliphatic rings. The highest BCUT2D eigenvalue weighted by atomic mass is 19.1. The number of carboxylic acid groups (broad SMARTS) is 1. The SMILES string of the molecule is Cc1ccccc1[C@H](CC(=O)O)NC(=O)c1cc(OC2CCCC2)n(-c2ccccc2F)n1. The van der Waals surface area contributed by atoms with Crippen molar-refractivity contribution in [3.05, 3.63) is 77.2 Å². The predicted molar refractivity (Wildman–Crippen MR) is 120 cm³/mol. The van der Waals surface area contributed by atoms with Gasteiger partial charge in [-0.2, -0.15) is 9.78 Å². The number of aromatic nitrogens is 2. The number of rotatable bonds is 8. The van der Waals surface area contributed by atoms with Gasteiger partial charge in [0.15, 0.2) is 5.69 Å². The zero-order valence-corrected chi connectivity index (χ0v) is 18.3. The lowest BCUT2D eigenvalue weighted by Gasteiger charge is -2.18. The Labute approximate surface area is 191 Å². The summed E-state index contributed by atoms with van der Waals surface area (Å²) < 4.78 is 21.9. The first-order valence-electron chi connectivity index (χ1n) is 11.0. The van der Waals surface area contributed by atoms with Crippen LogP contribution in [-0.4, -0.2) is 32.9 Å². The Morgan fingerprint density at radius 1 is 1.18 bits per heavy atom. The molecule has 33 heavy (non-hydrogen) atoms. The molecule has 0 unspecified atom stereocenters. The summed E-state index contributed by atoms with van der Waals surface area (Å²) in [6, 6.07) is 14.2. The van der Waals surface area contributed by atoms with Gasteiger partial charge in [-0.15, -0.1) is 0 Å². The summed E-state index contributed by atoms with van der Waals surface area (Å²) in [4.78, 5) is 24.6. The third-order valence-electron chi connectivity index (χ3n) is 5.83. The third-order valence-corrected chi connectivity index (χ3v) is 5.83. The molecule has 3 aromatic rings. The van der Waals surface area contributed by atoms with E-state index < -0.39 is 23.7 Å². The van der Waals surface area contributed by atoms with Crippen LogP contribution in [0.1, 0.15) is 59.8 Å².